The molecule has 1 aliphatic carbocycles. The van der Waals surface area contributed by atoms with Crippen molar-refractivity contribution in [1.29, 1.82) is 0 Å². The molecule has 0 bridgehead atoms. The number of benzene rings is 2. The van der Waals surface area contributed by atoms with Gasteiger partial charge >= 0.3 is 0 Å². The third-order valence-corrected chi connectivity index (χ3v) is 24.3. The van der Waals surface area contributed by atoms with Crippen LogP contribution in [0.4, 0.5) is 11.4 Å². The largest absolute Gasteiger partial charge is 0.354 e. The maximum absolute atomic E-state index is 5.52. The van der Waals surface area contributed by atoms with Crippen LogP contribution in [0, 0.1) is 34.5 Å². The number of allylic oxidation sites excluding steroid dienone is 1. The molecule has 10 nitrogen and oxygen atoms in total. The van der Waals surface area contributed by atoms with Crippen molar-refractivity contribution in [1.82, 2.24) is 20.4 Å². The molecule has 1 aliphatic rings. The lowest BCUT2D eigenvalue weighted by Crippen LogP contribution is -2.55. The van der Waals surface area contributed by atoms with Crippen LogP contribution in [-0.4, -0.2) is 97.8 Å². The molecule has 0 heterocycles. The van der Waals surface area contributed by atoms with E-state index in [1.807, 2.05) is 0 Å². The number of nitrogens with zero attached hydrogens (tertiary/aromatic N) is 8. The first-order valence-corrected chi connectivity index (χ1v) is 41.3. The summed E-state index contributed by atoms with van der Waals surface area (Å²) >= 11 is 0. The Morgan fingerprint density at radius 2 is 0.888 bits per heavy atom. The lowest BCUT2D eigenvalue weighted by atomic mass is 9.61. The van der Waals surface area contributed by atoms with E-state index in [4.69, 9.17) is 26.5 Å². The minimum absolute atomic E-state index is 0.0787. The van der Waals surface area contributed by atoms with E-state index in [0.717, 1.165) is 129 Å². The number of nitrogens with one attached hydrogen (secondary N) is 2. The molecule has 2 N–H and O–H groups in total. The molecule has 1 fully saturated rings. The fourth-order valence-corrected chi connectivity index (χ4v) is 15.4. The van der Waals surface area contributed by atoms with Gasteiger partial charge in [0.2, 0.25) is 11.9 Å². The molecule has 0 aromatic heterocycles. The maximum Gasteiger partial charge on any atom is 0.227 e. The molecule has 1 saturated carbocycles. The molecule has 98 heavy (non-hydrogen) atoms. The Hall–Kier alpha value is -4.28. The van der Waals surface area contributed by atoms with Crippen molar-refractivity contribution in [2.45, 2.75) is 353 Å². The zero-order chi connectivity index (χ0) is 72.2. The first-order chi connectivity index (χ1) is 47.1. The van der Waals surface area contributed by atoms with Gasteiger partial charge in [0, 0.05) is 78.4 Å². The standard InChI is InChI=1S/C88H158N10/c1-21-29-31-47-59-77-67-68-78(60-48-39-35-33-37-41-55-69-89-83(91-73(9)85(13,14)23-3)93-75(11)95(19)79-61-49-45-50-62-79)82(81(77)65-53-32-30-22-2)66-54-40-36-34-38-42-56-70-90-88(18,26-6)87(17,25-5)74(10)92-84(94-76(12)96(20)80-63-51-46-52-64-80)97(27-7)71-57-43-44-58-72-98(28-8)86(15,16)24-4/h45-46,49-52,61-64,77-78,81-82,90H,9-10,21-44,47-48,53-60,65-72H2,1-8,11-20H3,(H,89,91)/b92-84+,93-75+,94-76+. The molecular formula is C88H158N10. The molecule has 0 radical (unpaired) electrons. The average molecular weight is 1360 g/mol. The second kappa shape index (κ2) is 49.4. The quantitative estimate of drug-likeness (QED) is 0.0390. The molecule has 10 heteroatoms. The van der Waals surface area contributed by atoms with Crippen molar-refractivity contribution in [2.75, 3.05) is 63.2 Å². The van der Waals surface area contributed by atoms with Gasteiger partial charge in [-0.3, -0.25) is 4.90 Å². The summed E-state index contributed by atoms with van der Waals surface area (Å²) in [7, 11) is 4.19. The van der Waals surface area contributed by atoms with Crippen LogP contribution in [0.1, 0.15) is 342 Å². The summed E-state index contributed by atoms with van der Waals surface area (Å²) in [6.45, 7) is 51.9. The van der Waals surface area contributed by atoms with Crippen LogP contribution in [0.2, 0.25) is 0 Å². The van der Waals surface area contributed by atoms with Crippen LogP contribution in [0.5, 0.6) is 0 Å². The fourth-order valence-electron chi connectivity index (χ4n) is 15.4. The van der Waals surface area contributed by atoms with Crippen LogP contribution in [-0.2, 0) is 0 Å². The number of anilines is 2. The smallest absolute Gasteiger partial charge is 0.227 e. The van der Waals surface area contributed by atoms with Crippen LogP contribution >= 0.6 is 0 Å². The molecule has 6 atom stereocenters. The Morgan fingerprint density at radius 1 is 0.449 bits per heavy atom. The summed E-state index contributed by atoms with van der Waals surface area (Å²) in [5.74, 6) is 7.07. The molecule has 560 valence electrons. The number of amidine groups is 2. The van der Waals surface area contributed by atoms with Gasteiger partial charge in [0.1, 0.15) is 11.7 Å². The topological polar surface area (TPSA) is 86.5 Å². The van der Waals surface area contributed by atoms with Gasteiger partial charge in [-0.2, -0.15) is 4.99 Å². The predicted octanol–water partition coefficient (Wildman–Crippen LogP) is 24.9. The Morgan fingerprint density at radius 3 is 1.34 bits per heavy atom. The van der Waals surface area contributed by atoms with Gasteiger partial charge in [-0.1, -0.05) is 273 Å². The number of guanidine groups is 2. The molecule has 0 amide bonds. The van der Waals surface area contributed by atoms with Crippen molar-refractivity contribution >= 4 is 35.0 Å². The Kier molecular flexibility index (Phi) is 44.3. The molecule has 2 aromatic rings. The van der Waals surface area contributed by atoms with Crippen molar-refractivity contribution in [3.8, 4) is 0 Å². The molecule has 0 aliphatic heterocycles. The van der Waals surface area contributed by atoms with Crippen molar-refractivity contribution in [3.05, 3.63) is 85.2 Å². The number of hydrogen-bond acceptors (Lipinski definition) is 4. The fraction of sp³-hybridized carbons (Fsp3) is 0.773. The number of para-hydroxylation sites is 2. The second-order valence-corrected chi connectivity index (χ2v) is 31.7. The van der Waals surface area contributed by atoms with Crippen LogP contribution in [0.15, 0.2) is 105 Å². The van der Waals surface area contributed by atoms with Crippen molar-refractivity contribution < 1.29 is 0 Å². The average Bonchev–Trinajstić information content (AvgIpc) is 0.783. The van der Waals surface area contributed by atoms with E-state index in [9.17, 15) is 0 Å². The normalized spacial score (nSPS) is 18.0. The lowest BCUT2D eigenvalue weighted by Gasteiger charge is -2.47. The number of aliphatic imine (C=N–C) groups is 4. The summed E-state index contributed by atoms with van der Waals surface area (Å²) in [4.78, 5) is 30.2. The summed E-state index contributed by atoms with van der Waals surface area (Å²) in [6.07, 6.45) is 47.7. The van der Waals surface area contributed by atoms with Crippen LogP contribution in [0.25, 0.3) is 0 Å². The highest BCUT2D eigenvalue weighted by atomic mass is 15.3. The lowest BCUT2D eigenvalue weighted by molar-refractivity contribution is 0.0581. The maximum atomic E-state index is 5.52. The van der Waals surface area contributed by atoms with E-state index in [1.54, 1.807) is 0 Å². The van der Waals surface area contributed by atoms with Gasteiger partial charge in [-0.05, 0) is 186 Å². The van der Waals surface area contributed by atoms with E-state index < -0.39 is 0 Å². The van der Waals surface area contributed by atoms with E-state index in [0.29, 0.717) is 5.96 Å². The molecule has 0 spiro atoms. The number of hydrogen-bond donors (Lipinski definition) is 2. The van der Waals surface area contributed by atoms with E-state index in [2.05, 4.69) is 222 Å². The summed E-state index contributed by atoms with van der Waals surface area (Å²) < 4.78 is 0. The first kappa shape index (κ1) is 87.9. The van der Waals surface area contributed by atoms with Gasteiger partial charge < -0.3 is 25.3 Å². The second-order valence-electron chi connectivity index (χ2n) is 31.7. The van der Waals surface area contributed by atoms with E-state index in [-0.39, 0.29) is 21.9 Å². The highest BCUT2D eigenvalue weighted by molar-refractivity contribution is 6.04. The van der Waals surface area contributed by atoms with Gasteiger partial charge in [0.25, 0.3) is 0 Å². The van der Waals surface area contributed by atoms with Gasteiger partial charge in [-0.25, -0.2) is 15.0 Å². The minimum Gasteiger partial charge on any atom is -0.354 e. The van der Waals surface area contributed by atoms with E-state index >= 15 is 0 Å². The van der Waals surface area contributed by atoms with Gasteiger partial charge in [0.15, 0.2) is 0 Å². The Bertz CT molecular complexity index is 2530. The summed E-state index contributed by atoms with van der Waals surface area (Å²) in [6, 6.07) is 21.0. The third-order valence-electron chi connectivity index (χ3n) is 24.3. The molecular weight excluding hydrogens is 1200 g/mol. The minimum atomic E-state index is -0.263. The molecule has 6 unspecified atom stereocenters. The van der Waals surface area contributed by atoms with E-state index in [1.165, 1.54) is 206 Å². The number of rotatable bonds is 52. The Balaban J connectivity index is 1.59. The van der Waals surface area contributed by atoms with Crippen molar-refractivity contribution in [2.24, 2.45) is 54.5 Å². The van der Waals surface area contributed by atoms with Crippen molar-refractivity contribution in [3.63, 3.8) is 0 Å². The highest BCUT2D eigenvalue weighted by Crippen LogP contribution is 2.48. The summed E-state index contributed by atoms with van der Waals surface area (Å²) in [5.41, 5.74) is 3.79. The number of unbranched alkanes of at least 4 members (excludes halogenated alkanes) is 21. The zero-order valence-corrected chi connectivity index (χ0v) is 67.8. The summed E-state index contributed by atoms with van der Waals surface area (Å²) in [5, 5.41) is 7.76. The third kappa shape index (κ3) is 31.1. The van der Waals surface area contributed by atoms with Crippen LogP contribution < -0.4 is 20.4 Å². The molecule has 3 rings (SSSR count). The van der Waals surface area contributed by atoms with Gasteiger partial charge in [0.05, 0.1) is 0 Å². The molecule has 0 saturated heterocycles. The monoisotopic (exact) mass is 1360 g/mol. The van der Waals surface area contributed by atoms with Crippen LogP contribution in [0.3, 0.4) is 0 Å². The first-order valence-electron chi connectivity index (χ1n) is 41.3. The zero-order valence-electron chi connectivity index (χ0n) is 67.8. The van der Waals surface area contributed by atoms with Gasteiger partial charge in [-0.15, -0.1) is 0 Å². The Labute approximate surface area is 608 Å². The molecule has 2 aromatic carbocycles. The highest BCUT2D eigenvalue weighted by Gasteiger charge is 2.44. The predicted molar refractivity (Wildman–Crippen MR) is 438 cm³/mol. The SMILES string of the molecule is C=C(/N=C(\N=C(/C)N(C)c1ccccc1)NCCCCCCCCCC1CCC(CCCCCC)C(CCCCCC)C1CCCCCCCCCNC(C)(CC)C(C)(CC)C(=C)/N=C(\N=C(/C)N(C)c1ccccc1)N(CC)CCCCCCN(CC)C(C)(C)CC)C(C)(C)CC.